The van der Waals surface area contributed by atoms with Crippen LogP contribution in [0, 0.1) is 0 Å². The predicted molar refractivity (Wildman–Crippen MR) is 86.5 cm³/mol. The van der Waals surface area contributed by atoms with E-state index in [-0.39, 0.29) is 18.9 Å². The molecule has 1 rings (SSSR count). The van der Waals surface area contributed by atoms with Gasteiger partial charge in [-0.05, 0) is 41.1 Å². The Morgan fingerprint density at radius 3 is 2.62 bits per heavy atom. The molecule has 0 heterocycles. The number of carbonyl (C=O) groups is 2. The van der Waals surface area contributed by atoms with Gasteiger partial charge in [0.25, 0.3) is 0 Å². The molecule has 0 aliphatic rings. The quantitative estimate of drug-likeness (QED) is 0.774. The Morgan fingerprint density at radius 2 is 2.10 bits per heavy atom. The van der Waals surface area contributed by atoms with Gasteiger partial charge in [-0.3, -0.25) is 4.79 Å². The van der Waals surface area contributed by atoms with Crippen LogP contribution in [0.3, 0.4) is 0 Å². The molecule has 1 unspecified atom stereocenters. The summed E-state index contributed by atoms with van der Waals surface area (Å²) in [6.07, 6.45) is 0.0199. The number of rotatable bonds is 6. The van der Waals surface area contributed by atoms with E-state index in [1.165, 1.54) is 4.90 Å². The van der Waals surface area contributed by atoms with Crippen LogP contribution in [0.15, 0.2) is 22.7 Å². The van der Waals surface area contributed by atoms with Crippen LogP contribution in [-0.4, -0.2) is 43.5 Å². The van der Waals surface area contributed by atoms with Gasteiger partial charge in [0.2, 0.25) is 5.91 Å². The lowest BCUT2D eigenvalue weighted by molar-refractivity contribution is -0.146. The molecular formula is C14H18BrClN2O3. The number of nitrogens with zero attached hydrogens (tertiary/aromatic N) is 1. The van der Waals surface area contributed by atoms with Gasteiger partial charge >= 0.3 is 5.97 Å². The fraction of sp³-hybridized carbons (Fsp3) is 0.429. The van der Waals surface area contributed by atoms with Gasteiger partial charge in [-0.25, -0.2) is 4.79 Å². The van der Waals surface area contributed by atoms with Crippen molar-refractivity contribution in [1.82, 2.24) is 4.90 Å². The third-order valence-electron chi connectivity index (χ3n) is 2.71. The van der Waals surface area contributed by atoms with Crippen molar-refractivity contribution in [2.75, 3.05) is 26.0 Å². The van der Waals surface area contributed by atoms with Crippen molar-refractivity contribution in [1.29, 1.82) is 0 Å². The lowest BCUT2D eigenvalue weighted by atomic mass is 10.1. The summed E-state index contributed by atoms with van der Waals surface area (Å²) < 4.78 is 5.71. The molecule has 1 atom stereocenters. The van der Waals surface area contributed by atoms with Crippen molar-refractivity contribution >= 4 is 45.1 Å². The number of nitrogens with one attached hydrogen (secondary N) is 1. The Balaban J connectivity index is 2.87. The molecule has 0 saturated carbocycles. The van der Waals surface area contributed by atoms with Crippen LogP contribution in [0.1, 0.15) is 13.3 Å². The molecule has 0 fully saturated rings. The van der Waals surface area contributed by atoms with E-state index in [4.69, 9.17) is 16.3 Å². The highest BCUT2D eigenvalue weighted by Gasteiger charge is 2.24. The molecule has 116 valence electrons. The first kappa shape index (κ1) is 17.8. The summed E-state index contributed by atoms with van der Waals surface area (Å²) in [7, 11) is 3.28. The average Bonchev–Trinajstić information content (AvgIpc) is 2.42. The number of ether oxygens (including phenoxy) is 1. The first-order chi connectivity index (χ1) is 9.85. The van der Waals surface area contributed by atoms with E-state index >= 15 is 0 Å². The molecule has 5 nitrogen and oxygen atoms in total. The van der Waals surface area contributed by atoms with Gasteiger partial charge in [-0.2, -0.15) is 0 Å². The molecule has 1 N–H and O–H groups in total. The van der Waals surface area contributed by atoms with Crippen LogP contribution >= 0.6 is 27.5 Å². The molecule has 0 saturated heterocycles. The number of hydrogen-bond acceptors (Lipinski definition) is 4. The SMILES string of the molecule is CCOC(=O)C(CC(=O)N(C)C)Nc1ccc(Cl)c(Br)c1. The molecule has 0 radical (unpaired) electrons. The van der Waals surface area contributed by atoms with Gasteiger partial charge in [0, 0.05) is 24.3 Å². The van der Waals surface area contributed by atoms with Crippen LogP contribution in [0.2, 0.25) is 5.02 Å². The number of anilines is 1. The number of esters is 1. The highest BCUT2D eigenvalue weighted by atomic mass is 79.9. The Hall–Kier alpha value is -1.27. The minimum atomic E-state index is -0.743. The highest BCUT2D eigenvalue weighted by Crippen LogP contribution is 2.26. The number of halogens is 2. The molecule has 0 spiro atoms. The van der Waals surface area contributed by atoms with Crippen molar-refractivity contribution in [3.05, 3.63) is 27.7 Å². The molecule has 0 aromatic heterocycles. The molecule has 0 aliphatic heterocycles. The number of carbonyl (C=O) groups excluding carboxylic acids is 2. The summed E-state index contributed by atoms with van der Waals surface area (Å²) in [6, 6.07) is 4.44. The molecule has 1 amide bonds. The molecular weight excluding hydrogens is 360 g/mol. The Morgan fingerprint density at radius 1 is 1.43 bits per heavy atom. The third kappa shape index (κ3) is 5.55. The van der Waals surface area contributed by atoms with Crippen LogP contribution in [0.4, 0.5) is 5.69 Å². The summed E-state index contributed by atoms with van der Waals surface area (Å²) in [6.45, 7) is 1.99. The number of benzene rings is 1. The Bertz CT molecular complexity index is 523. The second kappa shape index (κ2) is 8.24. The van der Waals surface area contributed by atoms with E-state index in [1.807, 2.05) is 0 Å². The zero-order chi connectivity index (χ0) is 16.0. The van der Waals surface area contributed by atoms with Gasteiger partial charge in [0.1, 0.15) is 6.04 Å². The summed E-state index contributed by atoms with van der Waals surface area (Å²) in [5.41, 5.74) is 0.677. The van der Waals surface area contributed by atoms with Gasteiger partial charge in [0.05, 0.1) is 18.1 Å². The molecule has 0 bridgehead atoms. The minimum Gasteiger partial charge on any atom is -0.464 e. The normalized spacial score (nSPS) is 11.7. The van der Waals surface area contributed by atoms with Gasteiger partial charge in [0.15, 0.2) is 0 Å². The van der Waals surface area contributed by atoms with Gasteiger partial charge in [-0.15, -0.1) is 0 Å². The van der Waals surface area contributed by atoms with Gasteiger partial charge in [-0.1, -0.05) is 11.6 Å². The Labute approximate surface area is 137 Å². The van der Waals surface area contributed by atoms with E-state index in [0.717, 1.165) is 0 Å². The Kier molecular flexibility index (Phi) is 6.98. The minimum absolute atomic E-state index is 0.0199. The van der Waals surface area contributed by atoms with Crippen LogP contribution in [0.5, 0.6) is 0 Å². The summed E-state index contributed by atoms with van der Waals surface area (Å²) in [5, 5.41) is 3.57. The molecule has 1 aromatic carbocycles. The van der Waals surface area contributed by atoms with Crippen molar-refractivity contribution in [2.24, 2.45) is 0 Å². The van der Waals surface area contributed by atoms with E-state index in [1.54, 1.807) is 39.2 Å². The lowest BCUT2D eigenvalue weighted by Gasteiger charge is -2.20. The van der Waals surface area contributed by atoms with Crippen molar-refractivity contribution < 1.29 is 14.3 Å². The van der Waals surface area contributed by atoms with Crippen LogP contribution in [-0.2, 0) is 14.3 Å². The van der Waals surface area contributed by atoms with Crippen molar-refractivity contribution in [3.8, 4) is 0 Å². The zero-order valence-corrected chi connectivity index (χ0v) is 14.5. The van der Waals surface area contributed by atoms with E-state index in [2.05, 4.69) is 21.2 Å². The van der Waals surface area contributed by atoms with Gasteiger partial charge < -0.3 is 15.0 Å². The predicted octanol–water partition coefficient (Wildman–Crippen LogP) is 2.92. The van der Waals surface area contributed by atoms with E-state index < -0.39 is 12.0 Å². The number of hydrogen-bond donors (Lipinski definition) is 1. The zero-order valence-electron chi connectivity index (χ0n) is 12.2. The molecule has 7 heteroatoms. The second-order valence-corrected chi connectivity index (χ2v) is 5.83. The topological polar surface area (TPSA) is 58.6 Å². The highest BCUT2D eigenvalue weighted by molar-refractivity contribution is 9.10. The fourth-order valence-electron chi connectivity index (χ4n) is 1.58. The average molecular weight is 378 g/mol. The van der Waals surface area contributed by atoms with E-state index in [9.17, 15) is 9.59 Å². The van der Waals surface area contributed by atoms with E-state index in [0.29, 0.717) is 15.2 Å². The van der Waals surface area contributed by atoms with Crippen LogP contribution in [0.25, 0.3) is 0 Å². The molecule has 0 aliphatic carbocycles. The monoisotopic (exact) mass is 376 g/mol. The summed E-state index contributed by atoms with van der Waals surface area (Å²) in [5.74, 6) is -0.618. The second-order valence-electron chi connectivity index (χ2n) is 4.57. The largest absolute Gasteiger partial charge is 0.464 e. The maximum Gasteiger partial charge on any atom is 0.329 e. The standard InChI is InChI=1S/C14H18BrClN2O3/c1-4-21-14(20)12(8-13(19)18(2)3)17-9-5-6-11(16)10(15)7-9/h5-7,12,17H,4,8H2,1-3H3. The fourth-order valence-corrected chi connectivity index (χ4v) is 2.08. The first-order valence-electron chi connectivity index (χ1n) is 6.43. The number of amides is 1. The lowest BCUT2D eigenvalue weighted by Crippen LogP contribution is -2.37. The molecule has 1 aromatic rings. The first-order valence-corrected chi connectivity index (χ1v) is 7.60. The van der Waals surface area contributed by atoms with Crippen molar-refractivity contribution in [2.45, 2.75) is 19.4 Å². The summed E-state index contributed by atoms with van der Waals surface area (Å²) >= 11 is 9.24. The van der Waals surface area contributed by atoms with Crippen LogP contribution < -0.4 is 5.32 Å². The smallest absolute Gasteiger partial charge is 0.329 e. The van der Waals surface area contributed by atoms with Crippen molar-refractivity contribution in [3.63, 3.8) is 0 Å². The third-order valence-corrected chi connectivity index (χ3v) is 3.92. The maximum atomic E-state index is 12.0. The maximum absolute atomic E-state index is 12.0. The summed E-state index contributed by atoms with van der Waals surface area (Å²) in [4.78, 5) is 25.2. The molecule has 21 heavy (non-hydrogen) atoms.